The van der Waals surface area contributed by atoms with Gasteiger partial charge >= 0.3 is 0 Å². The molecule has 2 bridgehead atoms. The summed E-state index contributed by atoms with van der Waals surface area (Å²) in [5.41, 5.74) is 8.24. The number of hydrogen-bond acceptors (Lipinski definition) is 10. The Morgan fingerprint density at radius 2 is 1.87 bits per heavy atom. The van der Waals surface area contributed by atoms with Crippen LogP contribution in [0.4, 0.5) is 0 Å². The number of rotatable bonds is 12. The van der Waals surface area contributed by atoms with Crippen LogP contribution in [0, 0.1) is 35.0 Å². The molecule has 0 radical (unpaired) electrons. The number of carbonyl (C=O) groups excluding carboxylic acids is 2. The second-order valence-electron chi connectivity index (χ2n) is 16.7. The SMILES string of the molecule is COc1c2c(c(CC=C(C)C)c3c1C1=C4C(C(C#N)=C(N)N1)C1CC(C(C)C)C4(O3)C(O)(C/C=C(/C)C(=O)NCCO)C1=O)OC(C)(CCC=C(C)C)C=C2. The van der Waals surface area contributed by atoms with Crippen molar-refractivity contribution in [1.29, 1.82) is 5.26 Å². The van der Waals surface area contributed by atoms with Crippen molar-refractivity contribution in [2.45, 2.75) is 104 Å². The number of dihydropyridines is 1. The number of benzene rings is 1. The first-order valence-corrected chi connectivity index (χ1v) is 19.3. The van der Waals surface area contributed by atoms with Crippen molar-refractivity contribution < 1.29 is 34.0 Å². The Balaban J connectivity index is 1.68. The molecule has 3 heterocycles. The van der Waals surface area contributed by atoms with Crippen molar-refractivity contribution >= 4 is 23.5 Å². The molecule has 3 aliphatic carbocycles. The molecule has 6 N–H and O–H groups in total. The minimum Gasteiger partial charge on any atom is -0.495 e. The fraction of sp³-hybridized carbons (Fsp3) is 0.523. The van der Waals surface area contributed by atoms with Gasteiger partial charge in [-0.25, -0.2) is 0 Å². The van der Waals surface area contributed by atoms with E-state index in [0.717, 1.165) is 29.5 Å². The highest BCUT2D eigenvalue weighted by Crippen LogP contribution is 2.68. The zero-order chi connectivity index (χ0) is 40.2. The molecule has 1 spiro atoms. The number of ether oxygens (including phenoxy) is 3. The Morgan fingerprint density at radius 1 is 1.16 bits per heavy atom. The maximum Gasteiger partial charge on any atom is 0.246 e. The van der Waals surface area contributed by atoms with Crippen LogP contribution in [0.25, 0.3) is 11.8 Å². The molecule has 55 heavy (non-hydrogen) atoms. The summed E-state index contributed by atoms with van der Waals surface area (Å²) < 4.78 is 20.8. The summed E-state index contributed by atoms with van der Waals surface area (Å²) in [7, 11) is 1.59. The number of nitrogens with one attached hydrogen (secondary N) is 2. The predicted octanol–water partition coefficient (Wildman–Crippen LogP) is 5.92. The van der Waals surface area contributed by atoms with E-state index in [4.69, 9.17) is 19.9 Å². The molecule has 294 valence electrons. The molecule has 1 amide bonds. The lowest BCUT2D eigenvalue weighted by molar-refractivity contribution is -0.209. The third kappa shape index (κ3) is 6.27. The molecule has 3 aliphatic heterocycles. The number of Topliss-reactive ketones (excluding diaryl/α,β-unsaturated/α-hetero) is 1. The molecule has 11 heteroatoms. The highest BCUT2D eigenvalue weighted by Gasteiger charge is 2.76. The molecule has 3 saturated carbocycles. The van der Waals surface area contributed by atoms with Crippen molar-refractivity contribution in [3.05, 3.63) is 74.7 Å². The normalized spacial score (nSPS) is 28.6. The third-order valence-electron chi connectivity index (χ3n) is 12.1. The lowest BCUT2D eigenvalue weighted by atomic mass is 9.43. The van der Waals surface area contributed by atoms with Crippen molar-refractivity contribution in [2.24, 2.45) is 29.4 Å². The van der Waals surface area contributed by atoms with Crippen LogP contribution in [0.3, 0.4) is 0 Å². The number of nitriles is 1. The summed E-state index contributed by atoms with van der Waals surface area (Å²) in [5.74, 6) is -1.24. The average Bonchev–Trinajstić information content (AvgIpc) is 3.13. The first-order valence-electron chi connectivity index (χ1n) is 19.3. The van der Waals surface area contributed by atoms with Gasteiger partial charge in [-0.2, -0.15) is 5.26 Å². The summed E-state index contributed by atoms with van der Waals surface area (Å²) in [5, 5.41) is 39.1. The van der Waals surface area contributed by atoms with Gasteiger partial charge in [-0.05, 0) is 85.3 Å². The molecule has 6 aliphatic rings. The molecule has 6 unspecified atom stereocenters. The Hall–Kier alpha value is -4.79. The van der Waals surface area contributed by atoms with Gasteiger partial charge in [0.25, 0.3) is 0 Å². The van der Waals surface area contributed by atoms with Crippen LogP contribution in [-0.2, 0) is 16.0 Å². The summed E-state index contributed by atoms with van der Waals surface area (Å²) in [6, 6.07) is 2.29. The van der Waals surface area contributed by atoms with Gasteiger partial charge in [-0.15, -0.1) is 0 Å². The average molecular weight is 753 g/mol. The largest absolute Gasteiger partial charge is 0.495 e. The molecular weight excluding hydrogens is 697 g/mol. The van der Waals surface area contributed by atoms with Gasteiger partial charge in [-0.1, -0.05) is 43.2 Å². The number of allylic oxidation sites excluding steroid dienone is 5. The molecule has 11 nitrogen and oxygen atoms in total. The van der Waals surface area contributed by atoms with Crippen LogP contribution in [0.15, 0.2) is 58.0 Å². The lowest BCUT2D eigenvalue weighted by Crippen LogP contribution is -2.78. The second kappa shape index (κ2) is 14.7. The van der Waals surface area contributed by atoms with Gasteiger partial charge in [-0.3, -0.25) is 9.59 Å². The van der Waals surface area contributed by atoms with Gasteiger partial charge in [0.2, 0.25) is 5.91 Å². The van der Waals surface area contributed by atoms with Crippen LogP contribution in [0.5, 0.6) is 17.2 Å². The summed E-state index contributed by atoms with van der Waals surface area (Å²) in [4.78, 5) is 27.9. The van der Waals surface area contributed by atoms with E-state index in [0.29, 0.717) is 46.9 Å². The summed E-state index contributed by atoms with van der Waals surface area (Å²) in [6.07, 6.45) is 12.1. The van der Waals surface area contributed by atoms with Gasteiger partial charge in [0, 0.05) is 47.4 Å². The highest BCUT2D eigenvalue weighted by atomic mass is 16.5. The van der Waals surface area contributed by atoms with Crippen LogP contribution in [0.1, 0.15) is 97.8 Å². The van der Waals surface area contributed by atoms with Crippen LogP contribution >= 0.6 is 0 Å². The van der Waals surface area contributed by atoms with Crippen molar-refractivity contribution in [2.75, 3.05) is 20.3 Å². The van der Waals surface area contributed by atoms with Crippen LogP contribution < -0.4 is 30.6 Å². The second-order valence-corrected chi connectivity index (χ2v) is 16.7. The number of ketones is 1. The maximum atomic E-state index is 15.0. The Morgan fingerprint density at radius 3 is 2.49 bits per heavy atom. The van der Waals surface area contributed by atoms with E-state index >= 15 is 0 Å². The van der Waals surface area contributed by atoms with Crippen molar-refractivity contribution in [3.63, 3.8) is 0 Å². The Labute approximate surface area is 324 Å². The topological polar surface area (TPSA) is 176 Å². The van der Waals surface area contributed by atoms with E-state index in [9.17, 15) is 25.1 Å². The Bertz CT molecular complexity index is 2040. The molecule has 6 atom stereocenters. The minimum atomic E-state index is -2.15. The van der Waals surface area contributed by atoms with E-state index in [2.05, 4.69) is 69.5 Å². The molecule has 3 fully saturated rings. The number of nitrogens with zero attached hydrogens (tertiary/aromatic N) is 1. The smallest absolute Gasteiger partial charge is 0.246 e. The first kappa shape index (κ1) is 39.9. The zero-order valence-corrected chi connectivity index (χ0v) is 33.6. The lowest BCUT2D eigenvalue weighted by Gasteiger charge is -2.65. The molecule has 7 rings (SSSR count). The number of hydrogen-bond donors (Lipinski definition) is 5. The molecule has 0 aromatic heterocycles. The molecule has 1 aromatic rings. The standard InChI is InChI=1S/C44H56N4O7/c1-23(2)11-10-16-42(8)17-15-28-36(54-42)27(13-12-24(3)4)38-33(37(28)53-9)35-34-32(30(22-45)40(46)48-35)29-21-31(25(5)6)44(34,55-38)43(52,39(29)50)18-14-26(7)41(51)47-19-20-49/h11-12,14-15,17,25,29,31-32,48-49,52H,10,13,16,18-21,46H2,1-9H3,(H,47,51)/b26-14-. The van der Waals surface area contributed by atoms with Crippen LogP contribution in [-0.4, -0.2) is 59.0 Å². The zero-order valence-electron chi connectivity index (χ0n) is 33.6. The van der Waals surface area contributed by atoms with E-state index in [1.54, 1.807) is 20.1 Å². The highest BCUT2D eigenvalue weighted by molar-refractivity contribution is 6.01. The van der Waals surface area contributed by atoms with Gasteiger partial charge in [0.15, 0.2) is 17.0 Å². The van der Waals surface area contributed by atoms with Crippen LogP contribution in [0.2, 0.25) is 0 Å². The van der Waals surface area contributed by atoms with Gasteiger partial charge in [0.05, 0.1) is 42.2 Å². The van der Waals surface area contributed by atoms with E-state index in [-0.39, 0.29) is 48.4 Å². The van der Waals surface area contributed by atoms with E-state index in [1.165, 1.54) is 5.57 Å². The number of amides is 1. The molecule has 1 aromatic carbocycles. The summed E-state index contributed by atoms with van der Waals surface area (Å²) >= 11 is 0. The quantitative estimate of drug-likeness (QED) is 0.127. The molecular formula is C44H56N4O7. The number of aliphatic hydroxyl groups is 2. The number of aliphatic hydroxyl groups excluding tert-OH is 1. The Kier molecular flexibility index (Phi) is 10.7. The minimum absolute atomic E-state index is 0.0642. The molecule has 0 saturated heterocycles. The fourth-order valence-electron chi connectivity index (χ4n) is 9.39. The van der Waals surface area contributed by atoms with Crippen molar-refractivity contribution in [3.8, 4) is 23.3 Å². The van der Waals surface area contributed by atoms with E-state index in [1.807, 2.05) is 19.9 Å². The van der Waals surface area contributed by atoms with E-state index < -0.39 is 40.3 Å². The fourth-order valence-corrected chi connectivity index (χ4v) is 9.39. The third-order valence-corrected chi connectivity index (χ3v) is 12.1. The number of methoxy groups -OCH3 is 1. The number of nitrogens with two attached hydrogens (primary N) is 1. The summed E-state index contributed by atoms with van der Waals surface area (Å²) in [6.45, 7) is 15.8. The predicted molar refractivity (Wildman–Crippen MR) is 211 cm³/mol. The maximum absolute atomic E-state index is 15.0. The number of fused-ring (bicyclic) bond motifs is 5. The van der Waals surface area contributed by atoms with Gasteiger partial charge in [0.1, 0.15) is 28.7 Å². The first-order chi connectivity index (χ1) is 26.0. The van der Waals surface area contributed by atoms with Gasteiger partial charge < -0.3 is 40.8 Å². The van der Waals surface area contributed by atoms with Crippen molar-refractivity contribution in [1.82, 2.24) is 10.6 Å². The monoisotopic (exact) mass is 752 g/mol. The number of carbonyl (C=O) groups is 2.